The lowest BCUT2D eigenvalue weighted by molar-refractivity contribution is -0.190. The third-order valence-electron chi connectivity index (χ3n) is 5.07. The standard InChI is InChI=1S/C19H29FN2O2/c1-5-7-16(15(3)20)8-11-22-12-9-19(10-13-22)14-21(4)18(23)17(6-2)24-19/h5,7,17H,1,3,6,8-14H2,2,4H3/b16-7-. The molecule has 0 N–H and O–H groups in total. The first-order valence-corrected chi connectivity index (χ1v) is 8.72. The van der Waals surface area contributed by atoms with Crippen LogP contribution in [0, 0.1) is 0 Å². The number of likely N-dealkylation sites (tertiary alicyclic amines) is 1. The molecule has 2 fully saturated rings. The average molecular weight is 336 g/mol. The number of ether oxygens (including phenoxy) is 1. The van der Waals surface area contributed by atoms with E-state index in [0.717, 1.165) is 32.5 Å². The molecular weight excluding hydrogens is 307 g/mol. The van der Waals surface area contributed by atoms with Crippen molar-refractivity contribution in [1.82, 2.24) is 9.80 Å². The molecule has 2 rings (SSSR count). The maximum atomic E-state index is 13.4. The summed E-state index contributed by atoms with van der Waals surface area (Å²) in [6.07, 6.45) is 6.11. The predicted molar refractivity (Wildman–Crippen MR) is 94.4 cm³/mol. The molecule has 0 aromatic carbocycles. The molecule has 2 aliphatic heterocycles. The fraction of sp³-hybridized carbons (Fsp3) is 0.632. The Morgan fingerprint density at radius 3 is 2.67 bits per heavy atom. The van der Waals surface area contributed by atoms with Crippen molar-refractivity contribution in [2.24, 2.45) is 0 Å². The van der Waals surface area contributed by atoms with Crippen LogP contribution in [-0.4, -0.2) is 60.6 Å². The average Bonchev–Trinajstić information content (AvgIpc) is 2.56. The van der Waals surface area contributed by atoms with Gasteiger partial charge in [-0.3, -0.25) is 4.79 Å². The molecule has 134 valence electrons. The van der Waals surface area contributed by atoms with Gasteiger partial charge in [0.05, 0.1) is 5.60 Å². The van der Waals surface area contributed by atoms with E-state index < -0.39 is 0 Å². The number of allylic oxidation sites excluding steroid dienone is 3. The summed E-state index contributed by atoms with van der Waals surface area (Å²) in [6, 6.07) is 0. The van der Waals surface area contributed by atoms with Crippen molar-refractivity contribution in [1.29, 1.82) is 0 Å². The summed E-state index contributed by atoms with van der Waals surface area (Å²) in [6.45, 7) is 12.2. The van der Waals surface area contributed by atoms with Crippen molar-refractivity contribution in [3.8, 4) is 0 Å². The minimum Gasteiger partial charge on any atom is -0.360 e. The van der Waals surface area contributed by atoms with E-state index in [-0.39, 0.29) is 23.4 Å². The Morgan fingerprint density at radius 2 is 2.12 bits per heavy atom. The van der Waals surface area contributed by atoms with Crippen LogP contribution in [0.5, 0.6) is 0 Å². The summed E-state index contributed by atoms with van der Waals surface area (Å²) in [5, 5.41) is 0. The molecule has 0 aliphatic carbocycles. The molecule has 0 bridgehead atoms. The molecule has 1 spiro atoms. The van der Waals surface area contributed by atoms with Crippen molar-refractivity contribution in [3.63, 3.8) is 0 Å². The highest BCUT2D eigenvalue weighted by Crippen LogP contribution is 2.33. The summed E-state index contributed by atoms with van der Waals surface area (Å²) in [5.41, 5.74) is 0.388. The number of morpholine rings is 1. The second-order valence-corrected chi connectivity index (χ2v) is 6.82. The molecule has 1 amide bonds. The number of carbonyl (C=O) groups excluding carboxylic acids is 1. The number of likely N-dealkylation sites (N-methyl/N-ethyl adjacent to an activating group) is 1. The lowest BCUT2D eigenvalue weighted by atomic mass is 9.88. The first-order valence-electron chi connectivity index (χ1n) is 8.72. The summed E-state index contributed by atoms with van der Waals surface area (Å²) in [5.74, 6) is -0.295. The molecule has 2 heterocycles. The van der Waals surface area contributed by atoms with Gasteiger partial charge in [0.2, 0.25) is 0 Å². The zero-order valence-electron chi connectivity index (χ0n) is 14.9. The van der Waals surface area contributed by atoms with E-state index in [9.17, 15) is 9.18 Å². The first kappa shape index (κ1) is 18.9. The monoisotopic (exact) mass is 336 g/mol. The highest BCUT2D eigenvalue weighted by atomic mass is 19.1. The normalized spacial score (nSPS) is 25.1. The van der Waals surface area contributed by atoms with Crippen LogP contribution in [0.2, 0.25) is 0 Å². The van der Waals surface area contributed by atoms with Gasteiger partial charge in [-0.25, -0.2) is 4.39 Å². The van der Waals surface area contributed by atoms with Crippen LogP contribution >= 0.6 is 0 Å². The number of nitrogens with zero attached hydrogens (tertiary/aromatic N) is 2. The Kier molecular flexibility index (Phi) is 6.35. The van der Waals surface area contributed by atoms with Gasteiger partial charge < -0.3 is 14.5 Å². The van der Waals surface area contributed by atoms with Crippen LogP contribution in [0.25, 0.3) is 0 Å². The van der Waals surface area contributed by atoms with Gasteiger partial charge in [-0.05, 0) is 31.3 Å². The molecule has 1 atom stereocenters. The van der Waals surface area contributed by atoms with Gasteiger partial charge in [0.15, 0.2) is 0 Å². The molecule has 0 aromatic heterocycles. The summed E-state index contributed by atoms with van der Waals surface area (Å²) in [7, 11) is 1.86. The maximum Gasteiger partial charge on any atom is 0.251 e. The number of hydrogen-bond donors (Lipinski definition) is 0. The van der Waals surface area contributed by atoms with Crippen molar-refractivity contribution in [3.05, 3.63) is 36.7 Å². The smallest absolute Gasteiger partial charge is 0.251 e. The second-order valence-electron chi connectivity index (χ2n) is 6.82. The minimum atomic E-state index is -0.384. The highest BCUT2D eigenvalue weighted by Gasteiger charge is 2.44. The van der Waals surface area contributed by atoms with Crippen LogP contribution in [0.1, 0.15) is 32.6 Å². The second kappa shape index (κ2) is 8.08. The van der Waals surface area contributed by atoms with Crippen molar-refractivity contribution < 1.29 is 13.9 Å². The quantitative estimate of drug-likeness (QED) is 0.699. The minimum absolute atomic E-state index is 0.0891. The highest BCUT2D eigenvalue weighted by molar-refractivity contribution is 5.81. The van der Waals surface area contributed by atoms with Crippen LogP contribution < -0.4 is 0 Å². The fourth-order valence-electron chi connectivity index (χ4n) is 3.59. The number of rotatable bonds is 6. The van der Waals surface area contributed by atoms with Crippen LogP contribution in [0.4, 0.5) is 4.39 Å². The SMILES string of the molecule is C=C/C=C(/CCN1CCC2(CC1)CN(C)C(=O)C(CC)O2)C(=C)F. The van der Waals surface area contributed by atoms with E-state index in [1.807, 2.05) is 18.9 Å². The van der Waals surface area contributed by atoms with Crippen molar-refractivity contribution >= 4 is 5.91 Å². The molecule has 2 saturated heterocycles. The van der Waals surface area contributed by atoms with Gasteiger partial charge in [-0.2, -0.15) is 0 Å². The van der Waals surface area contributed by atoms with Crippen LogP contribution in [0.3, 0.4) is 0 Å². The van der Waals surface area contributed by atoms with E-state index >= 15 is 0 Å². The van der Waals surface area contributed by atoms with E-state index in [0.29, 0.717) is 25.0 Å². The van der Waals surface area contributed by atoms with Gasteiger partial charge in [0.25, 0.3) is 5.91 Å². The number of carbonyl (C=O) groups is 1. The van der Waals surface area contributed by atoms with E-state index in [1.165, 1.54) is 0 Å². The summed E-state index contributed by atoms with van der Waals surface area (Å²) in [4.78, 5) is 16.2. The molecule has 1 unspecified atom stereocenters. The third-order valence-corrected chi connectivity index (χ3v) is 5.07. The predicted octanol–water partition coefficient (Wildman–Crippen LogP) is 3.07. The van der Waals surface area contributed by atoms with Gasteiger partial charge in [-0.15, -0.1) is 0 Å². The number of piperidine rings is 1. The molecule has 0 radical (unpaired) electrons. The molecule has 4 nitrogen and oxygen atoms in total. The largest absolute Gasteiger partial charge is 0.360 e. The van der Waals surface area contributed by atoms with Crippen molar-refractivity contribution in [2.75, 3.05) is 33.2 Å². The van der Waals surface area contributed by atoms with Crippen LogP contribution in [0.15, 0.2) is 36.7 Å². The molecule has 0 aromatic rings. The number of hydrogen-bond acceptors (Lipinski definition) is 3. The Labute approximate surface area is 144 Å². The van der Waals surface area contributed by atoms with Gasteiger partial charge in [0.1, 0.15) is 11.9 Å². The van der Waals surface area contributed by atoms with E-state index in [2.05, 4.69) is 18.1 Å². The Morgan fingerprint density at radius 1 is 1.46 bits per heavy atom. The maximum absolute atomic E-state index is 13.4. The Bertz CT molecular complexity index is 521. The number of amides is 1. The van der Waals surface area contributed by atoms with Crippen molar-refractivity contribution in [2.45, 2.75) is 44.3 Å². The number of halogens is 1. The fourth-order valence-corrected chi connectivity index (χ4v) is 3.59. The van der Waals surface area contributed by atoms with Crippen LogP contribution in [-0.2, 0) is 9.53 Å². The zero-order valence-corrected chi connectivity index (χ0v) is 14.9. The molecule has 5 heteroatoms. The first-order chi connectivity index (χ1) is 11.4. The topological polar surface area (TPSA) is 32.8 Å². The molecular formula is C19H29FN2O2. The molecule has 24 heavy (non-hydrogen) atoms. The lowest BCUT2D eigenvalue weighted by Crippen LogP contribution is -2.60. The summed E-state index contributed by atoms with van der Waals surface area (Å²) >= 11 is 0. The lowest BCUT2D eigenvalue weighted by Gasteiger charge is -2.48. The van der Waals surface area contributed by atoms with E-state index in [4.69, 9.17) is 4.74 Å². The van der Waals surface area contributed by atoms with E-state index in [1.54, 1.807) is 12.2 Å². The Hall–Kier alpha value is -1.46. The van der Waals surface area contributed by atoms with Gasteiger partial charge in [0, 0.05) is 33.2 Å². The van der Waals surface area contributed by atoms with Gasteiger partial charge >= 0.3 is 0 Å². The molecule has 2 aliphatic rings. The Balaban J connectivity index is 1.89. The third kappa shape index (κ3) is 4.33. The zero-order chi connectivity index (χ0) is 17.7. The summed E-state index contributed by atoms with van der Waals surface area (Å²) < 4.78 is 19.5. The van der Waals surface area contributed by atoms with Gasteiger partial charge in [-0.1, -0.05) is 32.2 Å². The molecule has 0 saturated carbocycles.